The fourth-order valence-corrected chi connectivity index (χ4v) is 2.60. The summed E-state index contributed by atoms with van der Waals surface area (Å²) >= 11 is 0. The maximum Gasteiger partial charge on any atom is 0.138 e. The summed E-state index contributed by atoms with van der Waals surface area (Å²) in [5.74, 6) is 1.26. The highest BCUT2D eigenvalue weighted by atomic mass is 15.2. The van der Waals surface area contributed by atoms with Crippen LogP contribution in [0.4, 0.5) is 5.82 Å². The standard InChI is InChI=1S/C13H18N4/c14-7-6-11-10-15-12-4-3-5-13(17(11)12)16-8-1-2-9-16/h3-5,10H,1-2,6-9,14H2. The molecule has 4 nitrogen and oxygen atoms in total. The van der Waals surface area contributed by atoms with Crippen molar-refractivity contribution in [3.8, 4) is 0 Å². The first-order chi connectivity index (χ1) is 8.40. The van der Waals surface area contributed by atoms with E-state index in [1.54, 1.807) is 0 Å². The number of imidazole rings is 1. The molecule has 1 fully saturated rings. The van der Waals surface area contributed by atoms with Crippen LogP contribution in [0.25, 0.3) is 5.65 Å². The monoisotopic (exact) mass is 230 g/mol. The molecular formula is C13H18N4. The van der Waals surface area contributed by atoms with Crippen LogP contribution in [0.5, 0.6) is 0 Å². The Bertz CT molecular complexity index is 511. The summed E-state index contributed by atoms with van der Waals surface area (Å²) in [6.45, 7) is 2.97. The number of nitrogens with zero attached hydrogens (tertiary/aromatic N) is 3. The average Bonchev–Trinajstić information content (AvgIpc) is 2.98. The van der Waals surface area contributed by atoms with Crippen molar-refractivity contribution in [2.45, 2.75) is 19.3 Å². The Kier molecular flexibility index (Phi) is 2.73. The number of anilines is 1. The SMILES string of the molecule is NCCc1cnc2cccc(N3CCCC3)n12. The molecule has 3 heterocycles. The number of hydrogen-bond acceptors (Lipinski definition) is 3. The largest absolute Gasteiger partial charge is 0.358 e. The Hall–Kier alpha value is -1.55. The fourth-order valence-electron chi connectivity index (χ4n) is 2.60. The van der Waals surface area contributed by atoms with Gasteiger partial charge in [0.1, 0.15) is 11.5 Å². The van der Waals surface area contributed by atoms with E-state index in [4.69, 9.17) is 5.73 Å². The van der Waals surface area contributed by atoms with Crippen LogP contribution in [-0.4, -0.2) is 29.0 Å². The summed E-state index contributed by atoms with van der Waals surface area (Å²) < 4.78 is 2.25. The molecule has 0 bridgehead atoms. The van der Waals surface area contributed by atoms with Crippen LogP contribution in [0.2, 0.25) is 0 Å². The van der Waals surface area contributed by atoms with E-state index in [-0.39, 0.29) is 0 Å². The summed E-state index contributed by atoms with van der Waals surface area (Å²) in [4.78, 5) is 6.89. The fraction of sp³-hybridized carbons (Fsp3) is 0.462. The third-order valence-electron chi connectivity index (χ3n) is 3.41. The van der Waals surface area contributed by atoms with Gasteiger partial charge in [-0.3, -0.25) is 4.40 Å². The lowest BCUT2D eigenvalue weighted by molar-refractivity contribution is 0.864. The number of hydrogen-bond donors (Lipinski definition) is 1. The Morgan fingerprint density at radius 3 is 2.82 bits per heavy atom. The minimum Gasteiger partial charge on any atom is -0.358 e. The van der Waals surface area contributed by atoms with Gasteiger partial charge in [0.05, 0.1) is 0 Å². The maximum atomic E-state index is 5.66. The van der Waals surface area contributed by atoms with E-state index in [2.05, 4.69) is 32.5 Å². The van der Waals surface area contributed by atoms with Gasteiger partial charge in [-0.05, 0) is 31.5 Å². The molecular weight excluding hydrogens is 212 g/mol. The molecule has 2 aromatic heterocycles. The van der Waals surface area contributed by atoms with E-state index in [9.17, 15) is 0 Å². The summed E-state index contributed by atoms with van der Waals surface area (Å²) in [5.41, 5.74) is 7.90. The Morgan fingerprint density at radius 1 is 1.24 bits per heavy atom. The molecule has 1 aliphatic rings. The van der Waals surface area contributed by atoms with E-state index in [0.717, 1.165) is 25.2 Å². The average molecular weight is 230 g/mol. The molecule has 3 rings (SSSR count). The van der Waals surface area contributed by atoms with Crippen LogP contribution in [0.1, 0.15) is 18.5 Å². The van der Waals surface area contributed by atoms with Gasteiger partial charge in [0.2, 0.25) is 0 Å². The molecule has 17 heavy (non-hydrogen) atoms. The first-order valence-corrected chi connectivity index (χ1v) is 6.30. The van der Waals surface area contributed by atoms with Crippen molar-refractivity contribution in [2.24, 2.45) is 5.73 Å². The molecule has 0 atom stereocenters. The summed E-state index contributed by atoms with van der Waals surface area (Å²) in [6.07, 6.45) is 5.41. The molecule has 0 amide bonds. The zero-order valence-corrected chi connectivity index (χ0v) is 9.97. The summed E-state index contributed by atoms with van der Waals surface area (Å²) in [5, 5.41) is 0. The number of rotatable bonds is 3. The van der Waals surface area contributed by atoms with Crippen molar-refractivity contribution < 1.29 is 0 Å². The summed E-state index contributed by atoms with van der Waals surface area (Å²) in [7, 11) is 0. The zero-order chi connectivity index (χ0) is 11.7. The Labute approximate surface area is 101 Å². The Balaban J connectivity index is 2.11. The predicted molar refractivity (Wildman–Crippen MR) is 69.4 cm³/mol. The first-order valence-electron chi connectivity index (χ1n) is 6.30. The first kappa shape index (κ1) is 10.6. The second kappa shape index (κ2) is 4.37. The molecule has 0 radical (unpaired) electrons. The molecule has 0 unspecified atom stereocenters. The van der Waals surface area contributed by atoms with Crippen molar-refractivity contribution >= 4 is 11.5 Å². The molecule has 0 aliphatic carbocycles. The highest BCUT2D eigenvalue weighted by Crippen LogP contribution is 2.23. The molecule has 90 valence electrons. The highest BCUT2D eigenvalue weighted by Gasteiger charge is 2.16. The molecule has 4 heteroatoms. The number of pyridine rings is 1. The smallest absolute Gasteiger partial charge is 0.138 e. The van der Waals surface area contributed by atoms with Gasteiger partial charge in [0, 0.05) is 31.4 Å². The van der Waals surface area contributed by atoms with E-state index in [1.165, 1.54) is 24.4 Å². The van der Waals surface area contributed by atoms with E-state index in [0.29, 0.717) is 6.54 Å². The van der Waals surface area contributed by atoms with Gasteiger partial charge in [0.15, 0.2) is 0 Å². The van der Waals surface area contributed by atoms with E-state index in [1.807, 2.05) is 6.20 Å². The normalized spacial score (nSPS) is 15.9. The Morgan fingerprint density at radius 2 is 2.06 bits per heavy atom. The lowest BCUT2D eigenvalue weighted by Crippen LogP contribution is -2.21. The van der Waals surface area contributed by atoms with Gasteiger partial charge in [-0.25, -0.2) is 4.98 Å². The lowest BCUT2D eigenvalue weighted by atomic mass is 10.3. The van der Waals surface area contributed by atoms with Crippen LogP contribution in [0.3, 0.4) is 0 Å². The predicted octanol–water partition coefficient (Wildman–Crippen LogP) is 1.44. The van der Waals surface area contributed by atoms with Crippen molar-refractivity contribution in [1.29, 1.82) is 0 Å². The van der Waals surface area contributed by atoms with Gasteiger partial charge in [-0.15, -0.1) is 0 Å². The minimum atomic E-state index is 0.669. The van der Waals surface area contributed by atoms with Gasteiger partial charge in [-0.2, -0.15) is 0 Å². The number of aromatic nitrogens is 2. The van der Waals surface area contributed by atoms with Crippen molar-refractivity contribution in [1.82, 2.24) is 9.38 Å². The molecule has 2 N–H and O–H groups in total. The van der Waals surface area contributed by atoms with Crippen LogP contribution in [-0.2, 0) is 6.42 Å². The zero-order valence-electron chi connectivity index (χ0n) is 9.97. The molecule has 1 aliphatic heterocycles. The minimum absolute atomic E-state index is 0.669. The lowest BCUT2D eigenvalue weighted by Gasteiger charge is -2.20. The second-order valence-electron chi connectivity index (χ2n) is 4.56. The third-order valence-corrected chi connectivity index (χ3v) is 3.41. The van der Waals surface area contributed by atoms with Crippen molar-refractivity contribution in [3.05, 3.63) is 30.1 Å². The molecule has 2 aromatic rings. The number of nitrogens with two attached hydrogens (primary N) is 1. The van der Waals surface area contributed by atoms with Crippen molar-refractivity contribution in [3.63, 3.8) is 0 Å². The van der Waals surface area contributed by atoms with Crippen LogP contribution in [0, 0.1) is 0 Å². The maximum absolute atomic E-state index is 5.66. The van der Waals surface area contributed by atoms with E-state index >= 15 is 0 Å². The molecule has 0 aromatic carbocycles. The second-order valence-corrected chi connectivity index (χ2v) is 4.56. The number of fused-ring (bicyclic) bond motifs is 1. The molecule has 0 spiro atoms. The van der Waals surface area contributed by atoms with Crippen LogP contribution in [0.15, 0.2) is 24.4 Å². The van der Waals surface area contributed by atoms with Crippen LogP contribution < -0.4 is 10.6 Å². The summed E-state index contributed by atoms with van der Waals surface area (Å²) in [6, 6.07) is 6.32. The highest BCUT2D eigenvalue weighted by molar-refractivity contribution is 5.53. The van der Waals surface area contributed by atoms with Gasteiger partial charge in [0.25, 0.3) is 0 Å². The quantitative estimate of drug-likeness (QED) is 0.867. The molecule has 1 saturated heterocycles. The van der Waals surface area contributed by atoms with E-state index < -0.39 is 0 Å². The van der Waals surface area contributed by atoms with Crippen LogP contribution >= 0.6 is 0 Å². The topological polar surface area (TPSA) is 46.6 Å². The van der Waals surface area contributed by atoms with Gasteiger partial charge < -0.3 is 10.6 Å². The van der Waals surface area contributed by atoms with Crippen molar-refractivity contribution in [2.75, 3.05) is 24.5 Å². The van der Waals surface area contributed by atoms with Gasteiger partial charge in [-0.1, -0.05) is 6.07 Å². The van der Waals surface area contributed by atoms with Gasteiger partial charge >= 0.3 is 0 Å². The molecule has 0 saturated carbocycles. The third kappa shape index (κ3) is 1.78.